The molecule has 2 aromatic rings. The van der Waals surface area contributed by atoms with Crippen LogP contribution in [0.1, 0.15) is 17.1 Å². The highest BCUT2D eigenvalue weighted by Gasteiger charge is 2.31. The number of nitrogens with zero attached hydrogens (tertiary/aromatic N) is 2. The first kappa shape index (κ1) is 14.1. The Kier molecular flexibility index (Phi) is 3.52. The third-order valence-corrected chi connectivity index (χ3v) is 2.49. The minimum Gasteiger partial charge on any atom is -0.437 e. The van der Waals surface area contributed by atoms with Crippen LogP contribution in [0.5, 0.6) is 11.6 Å². The molecule has 20 heavy (non-hydrogen) atoms. The molecule has 0 bridgehead atoms. The minimum atomic E-state index is -4.44. The van der Waals surface area contributed by atoms with E-state index in [0.29, 0.717) is 11.5 Å². The highest BCUT2D eigenvalue weighted by Crippen LogP contribution is 2.35. The molecule has 1 aromatic heterocycles. The molecule has 0 spiro atoms. The van der Waals surface area contributed by atoms with E-state index in [1.54, 1.807) is 19.9 Å². The number of nitrogens with two attached hydrogens (primary N) is 1. The van der Waals surface area contributed by atoms with Gasteiger partial charge < -0.3 is 10.5 Å². The van der Waals surface area contributed by atoms with Crippen LogP contribution < -0.4 is 10.5 Å². The normalized spacial score (nSPS) is 11.4. The van der Waals surface area contributed by atoms with Crippen molar-refractivity contribution < 1.29 is 17.9 Å². The standard InChI is InChI=1S/C13H12F3N3O/c1-7-5-12(19-8(2)18-7)20-11-4-3-9(6-10(11)17)13(14,15)16/h3-6H,17H2,1-2H3. The molecule has 0 aliphatic rings. The number of rotatable bonds is 2. The second kappa shape index (κ2) is 4.99. The van der Waals surface area contributed by atoms with E-state index in [1.165, 1.54) is 6.07 Å². The molecule has 0 fully saturated rings. The molecule has 7 heteroatoms. The second-order valence-electron chi connectivity index (χ2n) is 4.25. The molecule has 1 heterocycles. The Morgan fingerprint density at radius 1 is 1.10 bits per heavy atom. The fourth-order valence-electron chi connectivity index (χ4n) is 1.67. The van der Waals surface area contributed by atoms with Gasteiger partial charge in [-0.1, -0.05) is 0 Å². The van der Waals surface area contributed by atoms with E-state index in [0.717, 1.165) is 12.1 Å². The maximum atomic E-state index is 12.5. The number of anilines is 1. The molecule has 1 aromatic carbocycles. The van der Waals surface area contributed by atoms with Crippen molar-refractivity contribution in [1.82, 2.24) is 9.97 Å². The summed E-state index contributed by atoms with van der Waals surface area (Å²) in [6.07, 6.45) is -4.44. The molecule has 2 N–H and O–H groups in total. The lowest BCUT2D eigenvalue weighted by Crippen LogP contribution is -2.06. The Morgan fingerprint density at radius 2 is 1.80 bits per heavy atom. The molecule has 106 valence electrons. The number of alkyl halides is 3. The lowest BCUT2D eigenvalue weighted by atomic mass is 10.2. The zero-order valence-corrected chi connectivity index (χ0v) is 10.8. The van der Waals surface area contributed by atoms with Crippen molar-refractivity contribution in [3.05, 3.63) is 41.3 Å². The SMILES string of the molecule is Cc1cc(Oc2ccc(C(F)(F)F)cc2N)nc(C)n1. The first-order valence-electron chi connectivity index (χ1n) is 5.72. The summed E-state index contributed by atoms with van der Waals surface area (Å²) >= 11 is 0. The van der Waals surface area contributed by atoms with Gasteiger partial charge in [0.25, 0.3) is 0 Å². The van der Waals surface area contributed by atoms with Gasteiger partial charge in [0.05, 0.1) is 11.3 Å². The smallest absolute Gasteiger partial charge is 0.416 e. The van der Waals surface area contributed by atoms with E-state index in [-0.39, 0.29) is 17.3 Å². The maximum Gasteiger partial charge on any atom is 0.416 e. The molecule has 2 rings (SSSR count). The van der Waals surface area contributed by atoms with Crippen LogP contribution in [0.3, 0.4) is 0 Å². The lowest BCUT2D eigenvalue weighted by molar-refractivity contribution is -0.137. The number of hydrogen-bond donors (Lipinski definition) is 1. The van der Waals surface area contributed by atoms with Gasteiger partial charge in [0.15, 0.2) is 5.75 Å². The predicted octanol–water partition coefficient (Wildman–Crippen LogP) is 3.49. The quantitative estimate of drug-likeness (QED) is 0.857. The Hall–Kier alpha value is -2.31. The Morgan fingerprint density at radius 3 is 2.35 bits per heavy atom. The highest BCUT2D eigenvalue weighted by molar-refractivity contribution is 5.55. The van der Waals surface area contributed by atoms with Crippen LogP contribution in [-0.4, -0.2) is 9.97 Å². The molecular weight excluding hydrogens is 271 g/mol. The zero-order valence-electron chi connectivity index (χ0n) is 10.8. The number of halogens is 3. The maximum absolute atomic E-state index is 12.5. The summed E-state index contributed by atoms with van der Waals surface area (Å²) in [4.78, 5) is 8.10. The number of aromatic nitrogens is 2. The molecule has 0 saturated heterocycles. The molecule has 0 atom stereocenters. The summed E-state index contributed by atoms with van der Waals surface area (Å²) in [5.41, 5.74) is 5.34. The zero-order chi connectivity index (χ0) is 14.9. The van der Waals surface area contributed by atoms with Crippen molar-refractivity contribution in [1.29, 1.82) is 0 Å². The van der Waals surface area contributed by atoms with Crippen LogP contribution in [0.25, 0.3) is 0 Å². The van der Waals surface area contributed by atoms with Crippen molar-refractivity contribution in [2.45, 2.75) is 20.0 Å². The molecule has 0 radical (unpaired) electrons. The fourth-order valence-corrected chi connectivity index (χ4v) is 1.67. The number of aryl methyl sites for hydroxylation is 2. The van der Waals surface area contributed by atoms with E-state index < -0.39 is 11.7 Å². The average Bonchev–Trinajstić information content (AvgIpc) is 2.29. The van der Waals surface area contributed by atoms with Gasteiger partial charge in [-0.15, -0.1) is 0 Å². The van der Waals surface area contributed by atoms with Gasteiger partial charge >= 0.3 is 6.18 Å². The minimum absolute atomic E-state index is 0.103. The molecule has 0 amide bonds. The van der Waals surface area contributed by atoms with Gasteiger partial charge in [-0.25, -0.2) is 4.98 Å². The van der Waals surface area contributed by atoms with E-state index in [2.05, 4.69) is 9.97 Å². The summed E-state index contributed by atoms with van der Waals surface area (Å²) in [7, 11) is 0. The summed E-state index contributed by atoms with van der Waals surface area (Å²) < 4.78 is 42.9. The number of benzene rings is 1. The van der Waals surface area contributed by atoms with E-state index in [1.807, 2.05) is 0 Å². The van der Waals surface area contributed by atoms with Gasteiger partial charge in [0.1, 0.15) is 5.82 Å². The summed E-state index contributed by atoms with van der Waals surface area (Å²) in [6, 6.07) is 4.48. The molecule has 0 saturated carbocycles. The first-order chi connectivity index (χ1) is 9.25. The Bertz CT molecular complexity index is 621. The van der Waals surface area contributed by atoms with Gasteiger partial charge in [-0.2, -0.15) is 18.2 Å². The molecule has 0 unspecified atom stereocenters. The van der Waals surface area contributed by atoms with Crippen LogP contribution in [-0.2, 0) is 6.18 Å². The van der Waals surface area contributed by atoms with Crippen molar-refractivity contribution in [3.63, 3.8) is 0 Å². The molecule has 4 nitrogen and oxygen atoms in total. The average molecular weight is 283 g/mol. The van der Waals surface area contributed by atoms with E-state index in [4.69, 9.17) is 10.5 Å². The van der Waals surface area contributed by atoms with Crippen LogP contribution >= 0.6 is 0 Å². The summed E-state index contributed by atoms with van der Waals surface area (Å²) in [5.74, 6) is 0.863. The van der Waals surface area contributed by atoms with Gasteiger partial charge in [-0.05, 0) is 32.0 Å². The van der Waals surface area contributed by atoms with Crippen LogP contribution in [0, 0.1) is 13.8 Å². The first-order valence-corrected chi connectivity index (χ1v) is 5.72. The van der Waals surface area contributed by atoms with Crippen molar-refractivity contribution in [3.8, 4) is 11.6 Å². The molecular formula is C13H12F3N3O. The van der Waals surface area contributed by atoms with Gasteiger partial charge in [0.2, 0.25) is 5.88 Å². The van der Waals surface area contributed by atoms with Crippen molar-refractivity contribution >= 4 is 5.69 Å². The number of nitrogen functional groups attached to an aromatic ring is 1. The van der Waals surface area contributed by atoms with Crippen molar-refractivity contribution in [2.24, 2.45) is 0 Å². The highest BCUT2D eigenvalue weighted by atomic mass is 19.4. The predicted molar refractivity (Wildman–Crippen MR) is 67.4 cm³/mol. The number of hydrogen-bond acceptors (Lipinski definition) is 4. The van der Waals surface area contributed by atoms with Gasteiger partial charge in [-0.3, -0.25) is 0 Å². The van der Waals surface area contributed by atoms with E-state index >= 15 is 0 Å². The summed E-state index contributed by atoms with van der Waals surface area (Å²) in [5, 5.41) is 0. The van der Waals surface area contributed by atoms with E-state index in [9.17, 15) is 13.2 Å². The largest absolute Gasteiger partial charge is 0.437 e. The Balaban J connectivity index is 2.30. The third-order valence-electron chi connectivity index (χ3n) is 2.49. The van der Waals surface area contributed by atoms with Crippen molar-refractivity contribution in [2.75, 3.05) is 5.73 Å². The lowest BCUT2D eigenvalue weighted by Gasteiger charge is -2.11. The van der Waals surface area contributed by atoms with Crippen LogP contribution in [0.2, 0.25) is 0 Å². The third kappa shape index (κ3) is 3.17. The van der Waals surface area contributed by atoms with Gasteiger partial charge in [0, 0.05) is 11.8 Å². The fraction of sp³-hybridized carbons (Fsp3) is 0.231. The second-order valence-corrected chi connectivity index (χ2v) is 4.25. The van der Waals surface area contributed by atoms with Crippen LogP contribution in [0.15, 0.2) is 24.3 Å². The monoisotopic (exact) mass is 283 g/mol. The topological polar surface area (TPSA) is 61.0 Å². The summed E-state index contributed by atoms with van der Waals surface area (Å²) in [6.45, 7) is 3.45. The molecule has 0 aliphatic heterocycles. The molecule has 0 aliphatic carbocycles. The van der Waals surface area contributed by atoms with Crippen LogP contribution in [0.4, 0.5) is 18.9 Å². The Labute approximate surface area is 113 Å². The number of ether oxygens (including phenoxy) is 1.